The first-order chi connectivity index (χ1) is 12.5. The molecule has 1 aliphatic heterocycles. The van der Waals surface area contributed by atoms with Gasteiger partial charge < -0.3 is 23.7 Å². The van der Waals surface area contributed by atoms with Gasteiger partial charge in [0.15, 0.2) is 6.61 Å². The second-order valence-corrected chi connectivity index (χ2v) is 5.97. The summed E-state index contributed by atoms with van der Waals surface area (Å²) < 4.78 is 15.7. The molecule has 2 aromatic rings. The van der Waals surface area contributed by atoms with E-state index in [2.05, 4.69) is 0 Å². The Labute approximate surface area is 150 Å². The number of rotatable bonds is 4. The minimum Gasteiger partial charge on any atom is -0.483 e. The molecule has 1 aromatic heterocycles. The summed E-state index contributed by atoms with van der Waals surface area (Å²) >= 11 is 0. The molecular formula is C18H20N2O6. The Bertz CT molecular complexity index is 835. The molecule has 0 bridgehead atoms. The summed E-state index contributed by atoms with van der Waals surface area (Å²) in [7, 11) is 1.29. The van der Waals surface area contributed by atoms with E-state index in [1.54, 1.807) is 21.9 Å². The van der Waals surface area contributed by atoms with Crippen LogP contribution < -0.4 is 4.74 Å². The molecule has 1 saturated heterocycles. The lowest BCUT2D eigenvalue weighted by atomic mass is 10.1. The summed E-state index contributed by atoms with van der Waals surface area (Å²) in [5, 5.41) is 0.673. The number of piperazine rings is 1. The molecule has 8 nitrogen and oxygen atoms in total. The van der Waals surface area contributed by atoms with Crippen molar-refractivity contribution >= 4 is 28.8 Å². The molecule has 0 spiro atoms. The van der Waals surface area contributed by atoms with E-state index >= 15 is 0 Å². The zero-order valence-corrected chi connectivity index (χ0v) is 14.7. The number of nitrogens with zero attached hydrogens (tertiary/aromatic N) is 2. The average Bonchev–Trinajstić information content (AvgIpc) is 3.13. The molecule has 1 aliphatic rings. The quantitative estimate of drug-likeness (QED) is 0.764. The molecule has 26 heavy (non-hydrogen) atoms. The lowest BCUT2D eigenvalue weighted by Crippen LogP contribution is -2.51. The highest BCUT2D eigenvalue weighted by Gasteiger charge is 2.23. The van der Waals surface area contributed by atoms with Crippen molar-refractivity contribution < 1.29 is 28.3 Å². The molecule has 0 N–H and O–H groups in total. The molecule has 0 unspecified atom stereocenters. The van der Waals surface area contributed by atoms with Crippen LogP contribution in [0.2, 0.25) is 0 Å². The number of carbonyl (C=O) groups excluding carboxylic acids is 3. The average molecular weight is 360 g/mol. The van der Waals surface area contributed by atoms with Crippen LogP contribution in [0.5, 0.6) is 5.75 Å². The predicted molar refractivity (Wildman–Crippen MR) is 91.9 cm³/mol. The van der Waals surface area contributed by atoms with Crippen LogP contribution in [0.1, 0.15) is 17.3 Å². The molecule has 2 heterocycles. The van der Waals surface area contributed by atoms with Gasteiger partial charge in [-0.3, -0.25) is 9.59 Å². The smallest absolute Gasteiger partial charge is 0.338 e. The van der Waals surface area contributed by atoms with Crippen LogP contribution in [0.25, 0.3) is 11.0 Å². The number of hydrogen-bond donors (Lipinski definition) is 0. The second-order valence-electron chi connectivity index (χ2n) is 5.97. The number of amides is 2. The van der Waals surface area contributed by atoms with Gasteiger partial charge >= 0.3 is 5.97 Å². The molecule has 0 aliphatic carbocycles. The van der Waals surface area contributed by atoms with Gasteiger partial charge in [-0.05, 0) is 18.2 Å². The van der Waals surface area contributed by atoms with Crippen LogP contribution in [0.4, 0.5) is 0 Å². The van der Waals surface area contributed by atoms with Crippen molar-refractivity contribution in [2.45, 2.75) is 6.92 Å². The molecule has 0 radical (unpaired) electrons. The fraction of sp³-hybridized carbons (Fsp3) is 0.389. The molecule has 138 valence electrons. The highest BCUT2D eigenvalue weighted by molar-refractivity contribution is 5.96. The monoisotopic (exact) mass is 360 g/mol. The fourth-order valence-corrected chi connectivity index (χ4v) is 2.89. The Morgan fingerprint density at radius 2 is 1.81 bits per heavy atom. The Morgan fingerprint density at radius 3 is 2.46 bits per heavy atom. The number of carbonyl (C=O) groups is 3. The first-order valence-corrected chi connectivity index (χ1v) is 8.25. The topological polar surface area (TPSA) is 89.3 Å². The minimum absolute atomic E-state index is 0.00956. The minimum atomic E-state index is -0.514. The van der Waals surface area contributed by atoms with Gasteiger partial charge in [0, 0.05) is 33.1 Å². The van der Waals surface area contributed by atoms with Crippen molar-refractivity contribution in [3.05, 3.63) is 30.0 Å². The van der Waals surface area contributed by atoms with Crippen molar-refractivity contribution in [1.29, 1.82) is 0 Å². The molecule has 0 saturated carbocycles. The standard InChI is InChI=1S/C18H20N2O6/c1-12(21)19-4-6-20(7-5-19)17(22)11-26-16-10-13(18(23)24-2)9-15-14(16)3-8-25-15/h3,8-10H,4-7,11H2,1-2H3. The molecule has 0 atom stereocenters. The maximum absolute atomic E-state index is 12.4. The number of esters is 1. The van der Waals surface area contributed by atoms with Crippen LogP contribution >= 0.6 is 0 Å². The molecule has 3 rings (SSSR count). The number of methoxy groups -OCH3 is 1. The summed E-state index contributed by atoms with van der Waals surface area (Å²) in [6, 6.07) is 4.81. The normalized spacial score (nSPS) is 14.4. The number of hydrogen-bond acceptors (Lipinski definition) is 6. The van der Waals surface area contributed by atoms with Crippen LogP contribution in [0, 0.1) is 0 Å². The maximum atomic E-state index is 12.4. The molecule has 8 heteroatoms. The number of furan rings is 1. The van der Waals surface area contributed by atoms with Crippen molar-refractivity contribution in [3.63, 3.8) is 0 Å². The first kappa shape index (κ1) is 17.8. The van der Waals surface area contributed by atoms with E-state index in [9.17, 15) is 14.4 Å². The Kier molecular flexibility index (Phi) is 5.11. The van der Waals surface area contributed by atoms with E-state index in [1.165, 1.54) is 26.4 Å². The van der Waals surface area contributed by atoms with Gasteiger partial charge in [-0.1, -0.05) is 0 Å². The zero-order valence-electron chi connectivity index (χ0n) is 14.7. The summed E-state index contributed by atoms with van der Waals surface area (Å²) in [6.07, 6.45) is 1.49. The van der Waals surface area contributed by atoms with Gasteiger partial charge in [-0.25, -0.2) is 4.79 Å². The van der Waals surface area contributed by atoms with Crippen LogP contribution in [-0.4, -0.2) is 67.5 Å². The van der Waals surface area contributed by atoms with Crippen molar-refractivity contribution in [2.24, 2.45) is 0 Å². The van der Waals surface area contributed by atoms with Crippen LogP contribution in [0.3, 0.4) is 0 Å². The van der Waals surface area contributed by atoms with Crippen molar-refractivity contribution in [3.8, 4) is 5.75 Å². The van der Waals surface area contributed by atoms with E-state index in [0.717, 1.165) is 0 Å². The van der Waals surface area contributed by atoms with Crippen LogP contribution in [0.15, 0.2) is 28.9 Å². The maximum Gasteiger partial charge on any atom is 0.338 e. The lowest BCUT2D eigenvalue weighted by Gasteiger charge is -2.34. The largest absolute Gasteiger partial charge is 0.483 e. The van der Waals surface area contributed by atoms with E-state index in [-0.39, 0.29) is 24.0 Å². The van der Waals surface area contributed by atoms with Gasteiger partial charge in [0.1, 0.15) is 11.3 Å². The van der Waals surface area contributed by atoms with E-state index in [0.29, 0.717) is 42.9 Å². The second kappa shape index (κ2) is 7.47. The Balaban J connectivity index is 1.67. The summed E-state index contributed by atoms with van der Waals surface area (Å²) in [6.45, 7) is 3.35. The van der Waals surface area contributed by atoms with Gasteiger partial charge in [0.2, 0.25) is 5.91 Å². The highest BCUT2D eigenvalue weighted by atomic mass is 16.5. The van der Waals surface area contributed by atoms with E-state index in [1.807, 2.05) is 0 Å². The Hall–Kier alpha value is -3.03. The van der Waals surface area contributed by atoms with Crippen molar-refractivity contribution in [2.75, 3.05) is 39.9 Å². The molecular weight excluding hydrogens is 340 g/mol. The number of fused-ring (bicyclic) bond motifs is 1. The van der Waals surface area contributed by atoms with Crippen molar-refractivity contribution in [1.82, 2.24) is 9.80 Å². The molecule has 2 amide bonds. The predicted octanol–water partition coefficient (Wildman–Crippen LogP) is 1.29. The molecule has 1 fully saturated rings. The van der Waals surface area contributed by atoms with Crippen LogP contribution in [-0.2, 0) is 14.3 Å². The zero-order chi connectivity index (χ0) is 18.7. The highest BCUT2D eigenvalue weighted by Crippen LogP contribution is 2.29. The summed E-state index contributed by atoms with van der Waals surface area (Å²) in [5.41, 5.74) is 0.762. The van der Waals surface area contributed by atoms with Gasteiger partial charge in [-0.2, -0.15) is 0 Å². The third-order valence-corrected chi connectivity index (χ3v) is 4.38. The van der Waals surface area contributed by atoms with Gasteiger partial charge in [0.05, 0.1) is 24.3 Å². The summed E-state index contributed by atoms with van der Waals surface area (Å²) in [5.74, 6) is -0.296. The summed E-state index contributed by atoms with van der Waals surface area (Å²) in [4.78, 5) is 38.9. The third-order valence-electron chi connectivity index (χ3n) is 4.38. The third kappa shape index (κ3) is 3.63. The fourth-order valence-electron chi connectivity index (χ4n) is 2.89. The van der Waals surface area contributed by atoms with Gasteiger partial charge in [-0.15, -0.1) is 0 Å². The Morgan fingerprint density at radius 1 is 1.12 bits per heavy atom. The van der Waals surface area contributed by atoms with Gasteiger partial charge in [0.25, 0.3) is 5.91 Å². The number of ether oxygens (including phenoxy) is 2. The molecule has 1 aromatic carbocycles. The lowest BCUT2D eigenvalue weighted by molar-refractivity contribution is -0.139. The first-order valence-electron chi connectivity index (χ1n) is 8.25. The van der Waals surface area contributed by atoms with E-state index < -0.39 is 5.97 Å². The SMILES string of the molecule is COC(=O)c1cc(OCC(=O)N2CCN(C(C)=O)CC2)c2ccoc2c1. The number of benzene rings is 1. The van der Waals surface area contributed by atoms with E-state index in [4.69, 9.17) is 13.9 Å².